The summed E-state index contributed by atoms with van der Waals surface area (Å²) in [5.74, 6) is 1.39. The molecule has 0 amide bonds. The van der Waals surface area contributed by atoms with E-state index in [0.717, 1.165) is 12.1 Å². The van der Waals surface area contributed by atoms with Crippen LogP contribution in [0.2, 0.25) is 5.02 Å². The predicted octanol–water partition coefficient (Wildman–Crippen LogP) is 5.59. The van der Waals surface area contributed by atoms with Crippen molar-refractivity contribution in [3.05, 3.63) is 70.9 Å². The fourth-order valence-electron chi connectivity index (χ4n) is 2.76. The number of benzene rings is 2. The molecule has 0 aliphatic carbocycles. The molecule has 6 nitrogen and oxygen atoms in total. The van der Waals surface area contributed by atoms with Crippen molar-refractivity contribution in [2.75, 3.05) is 0 Å². The largest absolute Gasteiger partial charge is 0.425 e. The van der Waals surface area contributed by atoms with E-state index in [1.165, 1.54) is 22.4 Å². The minimum absolute atomic E-state index is 0.258. The Balaban J connectivity index is 1.81. The summed E-state index contributed by atoms with van der Waals surface area (Å²) in [6.07, 6.45) is -4.48. The number of rotatable bonds is 5. The molecule has 0 aliphatic heterocycles. The molecule has 2 aromatic heterocycles. The van der Waals surface area contributed by atoms with E-state index in [4.69, 9.17) is 16.0 Å². The third-order valence-corrected chi connectivity index (χ3v) is 5.32. The van der Waals surface area contributed by atoms with Crippen LogP contribution in [0.25, 0.3) is 17.1 Å². The average Bonchev–Trinajstić information content (AvgIpc) is 3.32. The van der Waals surface area contributed by atoms with Gasteiger partial charge in [-0.25, -0.2) is 0 Å². The molecule has 0 unspecified atom stereocenters. The Morgan fingerprint density at radius 1 is 1.03 bits per heavy atom. The molecule has 0 fully saturated rings. The van der Waals surface area contributed by atoms with E-state index in [2.05, 4.69) is 20.4 Å². The van der Waals surface area contributed by atoms with Gasteiger partial charge in [0.2, 0.25) is 11.8 Å². The van der Waals surface area contributed by atoms with Crippen LogP contribution in [0.15, 0.2) is 58.1 Å². The van der Waals surface area contributed by atoms with Crippen LogP contribution in [0.5, 0.6) is 0 Å². The number of aromatic nitrogens is 5. The van der Waals surface area contributed by atoms with Crippen LogP contribution in [0.4, 0.5) is 13.2 Å². The predicted molar refractivity (Wildman–Crippen MR) is 105 cm³/mol. The standard InChI is InChI=1S/C19H13ClF3N5OS/c1-11-24-25-16(29-11)10-30-18-27-26-17(14-7-2-3-8-15(14)20)28(18)13-6-4-5-12(9-13)19(21,22)23/h2-9H,10H2,1H3. The molecule has 0 N–H and O–H groups in total. The lowest BCUT2D eigenvalue weighted by molar-refractivity contribution is -0.137. The van der Waals surface area contributed by atoms with Crippen LogP contribution in [-0.4, -0.2) is 25.0 Å². The first-order valence-electron chi connectivity index (χ1n) is 8.62. The molecule has 30 heavy (non-hydrogen) atoms. The molecule has 0 aliphatic rings. The summed E-state index contributed by atoms with van der Waals surface area (Å²) in [5.41, 5.74) is 0.0285. The lowest BCUT2D eigenvalue weighted by Gasteiger charge is -2.13. The molecular weight excluding hydrogens is 439 g/mol. The van der Waals surface area contributed by atoms with Gasteiger partial charge in [-0.05, 0) is 30.3 Å². The second kappa shape index (κ2) is 8.11. The van der Waals surface area contributed by atoms with Crippen LogP contribution >= 0.6 is 23.4 Å². The summed E-state index contributed by atoms with van der Waals surface area (Å²) in [7, 11) is 0. The van der Waals surface area contributed by atoms with Crippen molar-refractivity contribution in [1.82, 2.24) is 25.0 Å². The number of nitrogens with zero attached hydrogens (tertiary/aromatic N) is 5. The van der Waals surface area contributed by atoms with E-state index in [9.17, 15) is 13.2 Å². The van der Waals surface area contributed by atoms with Crippen molar-refractivity contribution in [1.29, 1.82) is 0 Å². The van der Waals surface area contributed by atoms with E-state index in [1.54, 1.807) is 37.3 Å². The third kappa shape index (κ3) is 4.19. The van der Waals surface area contributed by atoms with E-state index in [1.807, 2.05) is 0 Å². The maximum Gasteiger partial charge on any atom is 0.416 e. The lowest BCUT2D eigenvalue weighted by atomic mass is 10.1. The number of thioether (sulfide) groups is 1. The maximum absolute atomic E-state index is 13.3. The van der Waals surface area contributed by atoms with Gasteiger partial charge >= 0.3 is 6.18 Å². The first-order chi connectivity index (χ1) is 14.3. The molecule has 0 saturated carbocycles. The van der Waals surface area contributed by atoms with Crippen LogP contribution in [0.3, 0.4) is 0 Å². The van der Waals surface area contributed by atoms with Crippen molar-refractivity contribution in [3.8, 4) is 17.1 Å². The molecule has 4 aromatic rings. The molecule has 2 aromatic carbocycles. The molecule has 0 bridgehead atoms. The number of aryl methyl sites for hydroxylation is 1. The Bertz CT molecular complexity index is 1190. The first-order valence-corrected chi connectivity index (χ1v) is 9.99. The maximum atomic E-state index is 13.3. The number of hydrogen-bond donors (Lipinski definition) is 0. The Labute approximate surface area is 178 Å². The molecule has 2 heterocycles. The smallest absolute Gasteiger partial charge is 0.416 e. The highest BCUT2D eigenvalue weighted by Crippen LogP contribution is 2.35. The normalized spacial score (nSPS) is 11.8. The molecule has 0 saturated heterocycles. The molecule has 0 spiro atoms. The van der Waals surface area contributed by atoms with Crippen molar-refractivity contribution >= 4 is 23.4 Å². The second-order valence-electron chi connectivity index (χ2n) is 6.17. The number of alkyl halides is 3. The van der Waals surface area contributed by atoms with Gasteiger partial charge in [-0.2, -0.15) is 13.2 Å². The Kier molecular flexibility index (Phi) is 5.52. The second-order valence-corrected chi connectivity index (χ2v) is 7.52. The molecule has 4 rings (SSSR count). The van der Waals surface area contributed by atoms with Gasteiger partial charge in [0.15, 0.2) is 11.0 Å². The van der Waals surface area contributed by atoms with Crippen LogP contribution in [0, 0.1) is 6.92 Å². The highest BCUT2D eigenvalue weighted by molar-refractivity contribution is 7.98. The zero-order valence-corrected chi connectivity index (χ0v) is 17.0. The zero-order chi connectivity index (χ0) is 21.3. The lowest BCUT2D eigenvalue weighted by Crippen LogP contribution is -2.07. The fourth-order valence-corrected chi connectivity index (χ4v) is 3.77. The topological polar surface area (TPSA) is 69.6 Å². The highest BCUT2D eigenvalue weighted by atomic mass is 35.5. The minimum atomic E-state index is -4.48. The average molecular weight is 452 g/mol. The van der Waals surface area contributed by atoms with Crippen molar-refractivity contribution in [3.63, 3.8) is 0 Å². The molecule has 154 valence electrons. The van der Waals surface area contributed by atoms with Crippen molar-refractivity contribution in [2.24, 2.45) is 0 Å². The van der Waals surface area contributed by atoms with Gasteiger partial charge in [-0.1, -0.05) is 41.6 Å². The Hall–Kier alpha value is -2.85. The van der Waals surface area contributed by atoms with Gasteiger partial charge in [0.05, 0.1) is 22.0 Å². The summed E-state index contributed by atoms with van der Waals surface area (Å²) >= 11 is 7.52. The highest BCUT2D eigenvalue weighted by Gasteiger charge is 2.31. The molecule has 11 heteroatoms. The molecule has 0 atom stereocenters. The first kappa shape index (κ1) is 20.4. The zero-order valence-electron chi connectivity index (χ0n) is 15.4. The monoisotopic (exact) mass is 451 g/mol. The molecule has 0 radical (unpaired) electrons. The minimum Gasteiger partial charge on any atom is -0.425 e. The summed E-state index contributed by atoms with van der Waals surface area (Å²) in [6, 6.07) is 11.9. The van der Waals surface area contributed by atoms with Crippen LogP contribution in [-0.2, 0) is 11.9 Å². The van der Waals surface area contributed by atoms with E-state index in [-0.39, 0.29) is 11.4 Å². The van der Waals surface area contributed by atoms with E-state index < -0.39 is 11.7 Å². The van der Waals surface area contributed by atoms with E-state index >= 15 is 0 Å². The summed E-state index contributed by atoms with van der Waals surface area (Å²) < 4.78 is 46.7. The Morgan fingerprint density at radius 3 is 2.53 bits per heavy atom. The van der Waals surface area contributed by atoms with Gasteiger partial charge in [0, 0.05) is 12.5 Å². The molecular formula is C19H13ClF3N5OS. The SMILES string of the molecule is Cc1nnc(CSc2nnc(-c3ccccc3Cl)n2-c2cccc(C(F)(F)F)c2)o1. The van der Waals surface area contributed by atoms with Crippen LogP contribution < -0.4 is 0 Å². The number of halogens is 4. The van der Waals surface area contributed by atoms with Crippen molar-refractivity contribution < 1.29 is 17.6 Å². The third-order valence-electron chi connectivity index (χ3n) is 4.07. The summed E-state index contributed by atoms with van der Waals surface area (Å²) in [6.45, 7) is 1.67. The van der Waals surface area contributed by atoms with Crippen molar-refractivity contribution in [2.45, 2.75) is 24.0 Å². The summed E-state index contributed by atoms with van der Waals surface area (Å²) in [5, 5.41) is 16.8. The summed E-state index contributed by atoms with van der Waals surface area (Å²) in [4.78, 5) is 0. The van der Waals surface area contributed by atoms with Gasteiger partial charge in [-0.3, -0.25) is 4.57 Å². The van der Waals surface area contributed by atoms with Gasteiger partial charge in [0.1, 0.15) is 0 Å². The van der Waals surface area contributed by atoms with E-state index in [0.29, 0.717) is 33.3 Å². The van der Waals surface area contributed by atoms with Gasteiger partial charge in [0.25, 0.3) is 0 Å². The van der Waals surface area contributed by atoms with Gasteiger partial charge < -0.3 is 4.42 Å². The quantitative estimate of drug-likeness (QED) is 0.368. The van der Waals surface area contributed by atoms with Crippen LogP contribution in [0.1, 0.15) is 17.3 Å². The van der Waals surface area contributed by atoms with Gasteiger partial charge in [-0.15, -0.1) is 20.4 Å². The Morgan fingerprint density at radius 2 is 1.83 bits per heavy atom. The number of hydrogen-bond acceptors (Lipinski definition) is 6. The fraction of sp³-hybridized carbons (Fsp3) is 0.158.